The van der Waals surface area contributed by atoms with Crippen LogP contribution in [-0.2, 0) is 16.0 Å². The fourth-order valence-corrected chi connectivity index (χ4v) is 3.89. The third-order valence-corrected chi connectivity index (χ3v) is 5.60. The first-order valence-electron chi connectivity index (χ1n) is 11.1. The predicted molar refractivity (Wildman–Crippen MR) is 129 cm³/mol. The molecule has 4 aromatic rings. The summed E-state index contributed by atoms with van der Waals surface area (Å²) < 4.78 is 22.4. The van der Waals surface area contributed by atoms with Crippen LogP contribution >= 0.6 is 0 Å². The summed E-state index contributed by atoms with van der Waals surface area (Å²) in [7, 11) is 1.60. The first-order chi connectivity index (χ1) is 17.1. The lowest BCUT2D eigenvalue weighted by Crippen LogP contribution is -2.29. The number of nitrogens with zero attached hydrogens (tertiary/aromatic N) is 1. The number of anilines is 1. The van der Waals surface area contributed by atoms with E-state index in [2.05, 4.69) is 15.6 Å². The number of amides is 2. The number of benzene rings is 2. The topological polar surface area (TPSA) is 112 Å². The van der Waals surface area contributed by atoms with E-state index >= 15 is 0 Å². The summed E-state index contributed by atoms with van der Waals surface area (Å²) in [6.07, 6.45) is 3.39. The monoisotopic (exact) mass is 473 g/mol. The maximum absolute atomic E-state index is 12.8. The van der Waals surface area contributed by atoms with Gasteiger partial charge in [-0.3, -0.25) is 14.6 Å². The number of methoxy groups -OCH3 is 1. The highest BCUT2D eigenvalue weighted by Gasteiger charge is 2.23. The number of furan rings is 1. The van der Waals surface area contributed by atoms with Crippen LogP contribution in [-0.4, -0.2) is 37.2 Å². The maximum atomic E-state index is 12.8. The molecule has 3 heterocycles. The predicted octanol–water partition coefficient (Wildman–Crippen LogP) is 3.92. The van der Waals surface area contributed by atoms with Crippen LogP contribution in [0.2, 0.25) is 0 Å². The van der Waals surface area contributed by atoms with E-state index in [4.69, 9.17) is 18.6 Å². The molecule has 2 amide bonds. The van der Waals surface area contributed by atoms with Gasteiger partial charge >= 0.3 is 0 Å². The van der Waals surface area contributed by atoms with Gasteiger partial charge in [0.1, 0.15) is 17.1 Å². The highest BCUT2D eigenvalue weighted by atomic mass is 16.7. The zero-order valence-corrected chi connectivity index (χ0v) is 19.0. The third kappa shape index (κ3) is 4.89. The Bertz CT molecular complexity index is 1370. The van der Waals surface area contributed by atoms with E-state index in [1.54, 1.807) is 37.7 Å². The average molecular weight is 473 g/mol. The molecule has 2 N–H and O–H groups in total. The third-order valence-electron chi connectivity index (χ3n) is 5.60. The van der Waals surface area contributed by atoms with Gasteiger partial charge in [0.15, 0.2) is 11.5 Å². The molecule has 2 aromatic carbocycles. The number of rotatable bonds is 8. The van der Waals surface area contributed by atoms with Crippen molar-refractivity contribution in [2.75, 3.05) is 25.8 Å². The number of hydrogen-bond donors (Lipinski definition) is 2. The quantitative estimate of drug-likeness (QED) is 0.399. The molecule has 1 aliphatic heterocycles. The van der Waals surface area contributed by atoms with E-state index in [1.165, 1.54) is 0 Å². The molecule has 0 atom stereocenters. The number of ether oxygens (including phenoxy) is 3. The molecule has 178 valence electrons. The van der Waals surface area contributed by atoms with Gasteiger partial charge in [-0.25, -0.2) is 0 Å². The summed E-state index contributed by atoms with van der Waals surface area (Å²) in [5.74, 6) is 2.06. The van der Waals surface area contributed by atoms with Crippen molar-refractivity contribution in [3.05, 3.63) is 66.5 Å². The fraction of sp³-hybridized carbons (Fsp3) is 0.192. The largest absolute Gasteiger partial charge is 0.497 e. The van der Waals surface area contributed by atoms with Crippen LogP contribution in [0.1, 0.15) is 12.0 Å². The van der Waals surface area contributed by atoms with Crippen molar-refractivity contribution in [1.29, 1.82) is 0 Å². The van der Waals surface area contributed by atoms with Gasteiger partial charge < -0.3 is 29.3 Å². The molecule has 0 bridgehead atoms. The molecule has 0 saturated heterocycles. The highest BCUT2D eigenvalue weighted by molar-refractivity contribution is 5.95. The molecule has 0 radical (unpaired) electrons. The lowest BCUT2D eigenvalue weighted by Gasteiger charge is -2.08. The van der Waals surface area contributed by atoms with Gasteiger partial charge in [-0.05, 0) is 42.5 Å². The number of carbonyl (C=O) groups is 2. The van der Waals surface area contributed by atoms with E-state index in [-0.39, 0.29) is 38.0 Å². The Hall–Kier alpha value is -4.53. The van der Waals surface area contributed by atoms with Crippen LogP contribution in [0.5, 0.6) is 17.2 Å². The lowest BCUT2D eigenvalue weighted by molar-refractivity contribution is -0.120. The molecule has 9 heteroatoms. The second kappa shape index (κ2) is 9.76. The summed E-state index contributed by atoms with van der Waals surface area (Å²) in [6.45, 7) is 0.342. The van der Waals surface area contributed by atoms with Gasteiger partial charge in [0, 0.05) is 41.7 Å². The van der Waals surface area contributed by atoms with Gasteiger partial charge in [0.05, 0.1) is 25.4 Å². The Morgan fingerprint density at radius 2 is 1.86 bits per heavy atom. The van der Waals surface area contributed by atoms with Crippen molar-refractivity contribution >= 4 is 28.5 Å². The molecular weight excluding hydrogens is 450 g/mol. The second-order valence-corrected chi connectivity index (χ2v) is 7.91. The molecule has 1 aliphatic rings. The van der Waals surface area contributed by atoms with Crippen LogP contribution in [0.3, 0.4) is 0 Å². The first-order valence-corrected chi connectivity index (χ1v) is 11.1. The van der Waals surface area contributed by atoms with Crippen LogP contribution < -0.4 is 24.8 Å². The molecule has 2 aromatic heterocycles. The number of aromatic nitrogens is 1. The van der Waals surface area contributed by atoms with Gasteiger partial charge in [0.25, 0.3) is 0 Å². The van der Waals surface area contributed by atoms with Gasteiger partial charge in [-0.2, -0.15) is 0 Å². The number of hydrogen-bond acceptors (Lipinski definition) is 7. The summed E-state index contributed by atoms with van der Waals surface area (Å²) >= 11 is 0. The normalized spacial score (nSPS) is 11.9. The van der Waals surface area contributed by atoms with E-state index in [9.17, 15) is 9.59 Å². The van der Waals surface area contributed by atoms with Crippen LogP contribution in [0.15, 0.2) is 65.3 Å². The Kier molecular flexibility index (Phi) is 6.21. The minimum Gasteiger partial charge on any atom is -0.497 e. The van der Waals surface area contributed by atoms with Crippen LogP contribution in [0.4, 0.5) is 5.69 Å². The van der Waals surface area contributed by atoms with E-state index in [1.807, 2.05) is 30.3 Å². The summed E-state index contributed by atoms with van der Waals surface area (Å²) in [4.78, 5) is 28.9. The van der Waals surface area contributed by atoms with E-state index in [0.717, 1.165) is 22.3 Å². The maximum Gasteiger partial charge on any atom is 0.231 e. The van der Waals surface area contributed by atoms with Crippen molar-refractivity contribution in [2.24, 2.45) is 0 Å². The Balaban J connectivity index is 1.33. The smallest absolute Gasteiger partial charge is 0.231 e. The Morgan fingerprint density at radius 3 is 2.60 bits per heavy atom. The van der Waals surface area contributed by atoms with Gasteiger partial charge in [-0.1, -0.05) is 0 Å². The Morgan fingerprint density at radius 1 is 1.06 bits per heavy atom. The highest BCUT2D eigenvalue weighted by Crippen LogP contribution is 2.42. The zero-order chi connectivity index (χ0) is 24.2. The number of carbonyl (C=O) groups excluding carboxylic acids is 2. The van der Waals surface area contributed by atoms with Gasteiger partial charge in [0.2, 0.25) is 18.6 Å². The van der Waals surface area contributed by atoms with Crippen LogP contribution in [0, 0.1) is 0 Å². The zero-order valence-electron chi connectivity index (χ0n) is 19.0. The molecule has 0 spiro atoms. The van der Waals surface area contributed by atoms with Gasteiger partial charge in [-0.15, -0.1) is 0 Å². The second-order valence-electron chi connectivity index (χ2n) is 7.91. The molecule has 0 fully saturated rings. The number of fused-ring (bicyclic) bond motifs is 2. The minimum atomic E-state index is -0.227. The molecular formula is C26H23N3O6. The Labute approximate surface area is 201 Å². The fourth-order valence-electron chi connectivity index (χ4n) is 3.89. The van der Waals surface area contributed by atoms with Crippen molar-refractivity contribution in [3.63, 3.8) is 0 Å². The SMILES string of the molecule is COc1ccc(-c2oc3cc4c(cc3c2CC(=O)NCCC(=O)Nc2cccnc2)OCO4)cc1. The summed E-state index contributed by atoms with van der Waals surface area (Å²) in [6, 6.07) is 14.5. The molecule has 5 rings (SSSR count). The first kappa shape index (κ1) is 22.3. The summed E-state index contributed by atoms with van der Waals surface area (Å²) in [5.41, 5.74) is 2.73. The van der Waals surface area contributed by atoms with Crippen molar-refractivity contribution in [2.45, 2.75) is 12.8 Å². The lowest BCUT2D eigenvalue weighted by atomic mass is 10.0. The number of pyridine rings is 1. The van der Waals surface area contributed by atoms with E-state index in [0.29, 0.717) is 28.5 Å². The molecule has 9 nitrogen and oxygen atoms in total. The summed E-state index contributed by atoms with van der Waals surface area (Å²) in [5, 5.41) is 6.33. The standard InChI is InChI=1S/C26H23N3O6/c1-32-18-6-4-16(5-7-18)26-20(19-11-22-23(34-15-33-22)13-21(19)35-26)12-25(31)28-10-8-24(30)29-17-3-2-9-27-14-17/h2-7,9,11,13-14H,8,10,12,15H2,1H3,(H,28,31)(H,29,30). The molecule has 0 aliphatic carbocycles. The van der Waals surface area contributed by atoms with E-state index < -0.39 is 0 Å². The average Bonchev–Trinajstić information content (AvgIpc) is 3.47. The van der Waals surface area contributed by atoms with Crippen molar-refractivity contribution in [3.8, 4) is 28.6 Å². The molecule has 35 heavy (non-hydrogen) atoms. The minimum absolute atomic E-state index is 0.0677. The molecule has 0 unspecified atom stereocenters. The number of nitrogens with one attached hydrogen (secondary N) is 2. The molecule has 0 saturated carbocycles. The van der Waals surface area contributed by atoms with Crippen molar-refractivity contribution in [1.82, 2.24) is 10.3 Å². The van der Waals surface area contributed by atoms with Crippen molar-refractivity contribution < 1.29 is 28.2 Å². The van der Waals surface area contributed by atoms with Crippen LogP contribution in [0.25, 0.3) is 22.3 Å².